The summed E-state index contributed by atoms with van der Waals surface area (Å²) in [6, 6.07) is 0. The summed E-state index contributed by atoms with van der Waals surface area (Å²) in [6.45, 7) is 45.4. The van der Waals surface area contributed by atoms with Crippen LogP contribution in [-0.4, -0.2) is 146 Å². The van der Waals surface area contributed by atoms with E-state index in [1.807, 2.05) is 83.1 Å². The molecular weight excluding hydrogens is 1240 g/mol. The molecule has 10 unspecified atom stereocenters. The van der Waals surface area contributed by atoms with E-state index in [1.54, 1.807) is 48.5 Å². The van der Waals surface area contributed by atoms with Gasteiger partial charge in [0.2, 0.25) is 0 Å². The van der Waals surface area contributed by atoms with Crippen LogP contribution in [0.3, 0.4) is 0 Å². The van der Waals surface area contributed by atoms with Crippen LogP contribution in [0.1, 0.15) is 282 Å². The fourth-order valence-electron chi connectivity index (χ4n) is 18.4. The first-order valence-electron chi connectivity index (χ1n) is 37.2. The second kappa shape index (κ2) is 31.0. The third-order valence-electron chi connectivity index (χ3n) is 26.3. The van der Waals surface area contributed by atoms with Crippen LogP contribution in [0.25, 0.3) is 0 Å². The Labute approximate surface area is 583 Å². The van der Waals surface area contributed by atoms with Gasteiger partial charge in [0, 0.05) is 5.41 Å². The summed E-state index contributed by atoms with van der Waals surface area (Å²) in [5.41, 5.74) is -11.6. The molecular formula is C78H132O19. The molecule has 2 saturated carbocycles. The van der Waals surface area contributed by atoms with E-state index in [0.717, 1.165) is 77.0 Å². The normalized spacial score (nSPS) is 29.6. The predicted octanol–water partition coefficient (Wildman–Crippen LogP) is 14.7. The summed E-state index contributed by atoms with van der Waals surface area (Å²) < 4.78 is 63.0. The number of aliphatic hydroxyl groups is 1. The first-order valence-corrected chi connectivity index (χ1v) is 37.2. The Morgan fingerprint density at radius 3 is 1.39 bits per heavy atom. The monoisotopic (exact) mass is 1370 g/mol. The maximum atomic E-state index is 16.0. The number of carbonyl (C=O) groups excluding carboxylic acids is 6. The first kappa shape index (κ1) is 82.0. The fraction of sp³-hybridized carbons (Fsp3) is 0.910. The van der Waals surface area contributed by atoms with Crippen LogP contribution in [-0.2, 0) is 80.9 Å². The zero-order chi connectivity index (χ0) is 73.3. The highest BCUT2D eigenvalue weighted by Crippen LogP contribution is 2.67. The molecule has 0 amide bonds. The summed E-state index contributed by atoms with van der Waals surface area (Å²) >= 11 is 0. The zero-order valence-corrected chi connectivity index (χ0v) is 64.5. The van der Waals surface area contributed by atoms with Crippen molar-refractivity contribution >= 4 is 41.8 Å². The molecule has 2 N–H and O–H groups in total. The minimum atomic E-state index is -1.59. The van der Waals surface area contributed by atoms with Crippen LogP contribution < -0.4 is 0 Å². The van der Waals surface area contributed by atoms with Crippen molar-refractivity contribution in [2.75, 3.05) is 26.4 Å². The third-order valence-corrected chi connectivity index (χ3v) is 26.3. The average molecular weight is 1370 g/mol. The number of aliphatic hydroxyl groups excluding tert-OH is 1. The van der Waals surface area contributed by atoms with Gasteiger partial charge in [-0.05, 0) is 172 Å². The van der Waals surface area contributed by atoms with Crippen LogP contribution >= 0.6 is 0 Å². The van der Waals surface area contributed by atoms with Crippen molar-refractivity contribution in [2.45, 2.75) is 349 Å². The van der Waals surface area contributed by atoms with Gasteiger partial charge in [-0.3, -0.25) is 33.6 Å². The molecule has 6 rings (SSSR count). The number of carbonyl (C=O) groups is 7. The number of esters is 6. The molecule has 18 atom stereocenters. The highest BCUT2D eigenvalue weighted by molar-refractivity contribution is 5.86. The minimum Gasteiger partial charge on any atom is -0.481 e. The Balaban J connectivity index is 1.28. The Morgan fingerprint density at radius 2 is 0.948 bits per heavy atom. The van der Waals surface area contributed by atoms with Gasteiger partial charge < -0.3 is 57.6 Å². The molecule has 6 aliphatic rings. The number of hydrogen-bond donors (Lipinski definition) is 2. The molecule has 2 bridgehead atoms. The fourth-order valence-corrected chi connectivity index (χ4v) is 18.4. The van der Waals surface area contributed by atoms with Gasteiger partial charge in [0.05, 0.1) is 77.5 Å². The van der Waals surface area contributed by atoms with Crippen molar-refractivity contribution in [3.63, 3.8) is 0 Å². The van der Waals surface area contributed by atoms with Crippen molar-refractivity contribution < 1.29 is 91.1 Å². The smallest absolute Gasteiger partial charge is 0.312 e. The first-order chi connectivity index (χ1) is 44.6. The number of aliphatic carboxylic acids is 1. The third kappa shape index (κ3) is 16.9. The summed E-state index contributed by atoms with van der Waals surface area (Å²) in [5.74, 6) is -5.72. The summed E-state index contributed by atoms with van der Waals surface area (Å²) in [7, 11) is 0. The average Bonchev–Trinajstić information content (AvgIpc) is 1.67. The largest absolute Gasteiger partial charge is 0.481 e. The number of ether oxygens (including phenoxy) is 10. The maximum absolute atomic E-state index is 16.0. The highest BCUT2D eigenvalue weighted by atomic mass is 16.7. The van der Waals surface area contributed by atoms with Gasteiger partial charge >= 0.3 is 41.8 Å². The maximum Gasteiger partial charge on any atom is 0.312 e. The second-order valence-corrected chi connectivity index (χ2v) is 36.3. The lowest BCUT2D eigenvalue weighted by atomic mass is 9.49. The lowest BCUT2D eigenvalue weighted by molar-refractivity contribution is -0.192. The summed E-state index contributed by atoms with van der Waals surface area (Å²) in [4.78, 5) is 104. The number of fused-ring (bicyclic) bond motifs is 4. The molecule has 4 heterocycles. The Hall–Kier alpha value is -3.91. The molecule has 19 heteroatoms. The Morgan fingerprint density at radius 1 is 0.515 bits per heavy atom. The molecule has 558 valence electrons. The zero-order valence-electron chi connectivity index (χ0n) is 64.5. The highest BCUT2D eigenvalue weighted by Gasteiger charge is 2.66. The van der Waals surface area contributed by atoms with Crippen molar-refractivity contribution in [1.82, 2.24) is 0 Å². The molecule has 0 aromatic carbocycles. The van der Waals surface area contributed by atoms with E-state index >= 15 is 14.4 Å². The Bertz CT molecular complexity index is 2750. The molecule has 0 radical (unpaired) electrons. The van der Waals surface area contributed by atoms with E-state index in [-0.39, 0.29) is 87.5 Å². The standard InChI is InChI=1S/C78H132O19/c1-25-28-30-32-34-48(5)92-61(80)47(4)39-70(11,12)77(23,66(86)95-52-41-89-56-51(79)40-88-57(52)56)46-72(15,16)78(24,45-71(13,14)75(21,27-3)63(82)83)67(87)96-54-43-91-58-53(42-90-59(54)58)94-65(85)73(17,18)60(62(81)93-49(6)35-33-31-29-26-2)68(7,8)44-69(9,10)64(84)97-55-38-50-36-37-76(55,22)74(50,19)20/h47-60,79H,25-46H2,1-24H3,(H,82,83)/t47?,48?,49?,50?,51-,52+,53+,54-,55?,56+,57+,58-,59-,60?,75?,76?,77?,78?/m0/s1. The molecule has 0 aromatic heterocycles. The molecule has 6 fully saturated rings. The molecule has 19 nitrogen and oxygen atoms in total. The summed E-state index contributed by atoms with van der Waals surface area (Å²) in [5, 5.41) is 21.6. The number of carboxylic acids is 1. The SMILES string of the molecule is CCCCCCC(C)OC(=O)C(C)CC(C)(C)C(C)(CC(C)(C)C(C)(CC(C)(C)C(C)(CC)C(=O)O)C(=O)O[C@H]1CO[C@@H]2[C@H]1OC[C@H]2OC(=O)C(C)(C)C(C(=O)OC(C)CCCCCC)C(C)(C)CC(C)(C)C(=O)OC1CC2CCC1(C)C2(C)C)C(=O)O[C@@H]1CO[C@H]2[C@@H]1OC[C@@H]2O. The predicted molar refractivity (Wildman–Crippen MR) is 368 cm³/mol. The van der Waals surface area contributed by atoms with E-state index in [2.05, 4.69) is 34.6 Å². The van der Waals surface area contributed by atoms with Gasteiger partial charge in [-0.1, -0.05) is 142 Å². The second-order valence-electron chi connectivity index (χ2n) is 36.3. The lowest BCUT2D eigenvalue weighted by Gasteiger charge is -2.54. The van der Waals surface area contributed by atoms with Gasteiger partial charge in [-0.2, -0.15) is 0 Å². The topological polar surface area (TPSA) is 252 Å². The molecule has 2 aliphatic carbocycles. The van der Waals surface area contributed by atoms with Crippen LogP contribution in [0.2, 0.25) is 0 Å². The van der Waals surface area contributed by atoms with Crippen molar-refractivity contribution in [1.29, 1.82) is 0 Å². The molecule has 0 aromatic rings. The van der Waals surface area contributed by atoms with E-state index in [4.69, 9.17) is 47.4 Å². The Kier molecular flexibility index (Phi) is 26.2. The molecule has 4 aliphatic heterocycles. The van der Waals surface area contributed by atoms with Crippen LogP contribution in [0.5, 0.6) is 0 Å². The molecule has 4 saturated heterocycles. The van der Waals surface area contributed by atoms with E-state index in [1.165, 1.54) is 0 Å². The quantitative estimate of drug-likeness (QED) is 0.0333. The van der Waals surface area contributed by atoms with Gasteiger partial charge in [-0.15, -0.1) is 0 Å². The number of hydrogen-bond acceptors (Lipinski definition) is 18. The van der Waals surface area contributed by atoms with Gasteiger partial charge in [-0.25, -0.2) is 0 Å². The van der Waals surface area contributed by atoms with Crippen molar-refractivity contribution in [3.8, 4) is 0 Å². The van der Waals surface area contributed by atoms with Crippen molar-refractivity contribution in [2.24, 2.45) is 77.3 Å². The number of unbranched alkanes of at least 4 members (excludes halogenated alkanes) is 6. The van der Waals surface area contributed by atoms with Crippen molar-refractivity contribution in [3.05, 3.63) is 0 Å². The van der Waals surface area contributed by atoms with Gasteiger partial charge in [0.1, 0.15) is 36.6 Å². The van der Waals surface area contributed by atoms with Gasteiger partial charge in [0.25, 0.3) is 0 Å². The number of carboxylic acid groups (broad SMARTS) is 1. The molecule has 97 heavy (non-hydrogen) atoms. The van der Waals surface area contributed by atoms with Crippen LogP contribution in [0.15, 0.2) is 0 Å². The lowest BCUT2D eigenvalue weighted by Crippen LogP contribution is -2.56. The number of rotatable bonds is 37. The van der Waals surface area contributed by atoms with Crippen LogP contribution in [0.4, 0.5) is 0 Å². The molecule has 0 spiro atoms. The van der Waals surface area contributed by atoms with E-state index in [9.17, 15) is 29.4 Å². The van der Waals surface area contributed by atoms with E-state index in [0.29, 0.717) is 12.3 Å². The summed E-state index contributed by atoms with van der Waals surface area (Å²) in [6.07, 6.45) is 4.82. The van der Waals surface area contributed by atoms with Gasteiger partial charge in [0.15, 0.2) is 18.3 Å². The van der Waals surface area contributed by atoms with Crippen LogP contribution in [0, 0.1) is 77.3 Å². The minimum absolute atomic E-state index is 0.0111. The van der Waals surface area contributed by atoms with E-state index < -0.39 is 151 Å².